The molecular weight excluding hydrogens is 330 g/mol. The van der Waals surface area contributed by atoms with E-state index in [1.54, 1.807) is 35.0 Å². The Morgan fingerprint density at radius 3 is 2.75 bits per heavy atom. The summed E-state index contributed by atoms with van der Waals surface area (Å²) in [7, 11) is 5.10. The van der Waals surface area contributed by atoms with Crippen LogP contribution < -0.4 is 9.47 Å². The Morgan fingerprint density at radius 1 is 1.42 bits per heavy atom. The average molecular weight is 352 g/mol. The van der Waals surface area contributed by atoms with Crippen LogP contribution in [0.25, 0.3) is 0 Å². The van der Waals surface area contributed by atoms with E-state index in [0.29, 0.717) is 35.2 Å². The monoisotopic (exact) mass is 351 g/mol. The van der Waals surface area contributed by atoms with Crippen LogP contribution in [-0.4, -0.2) is 41.4 Å². The zero-order chi connectivity index (χ0) is 17.7. The van der Waals surface area contributed by atoms with Crippen molar-refractivity contribution in [1.29, 1.82) is 0 Å². The first-order valence-electron chi connectivity index (χ1n) is 7.69. The van der Waals surface area contributed by atoms with Gasteiger partial charge in [-0.05, 0) is 18.6 Å². The molecule has 2 aromatic rings. The lowest BCUT2D eigenvalue weighted by molar-refractivity contribution is 0.0784. The van der Waals surface area contributed by atoms with Crippen molar-refractivity contribution in [2.75, 3.05) is 20.8 Å². The number of aryl methyl sites for hydroxylation is 1. The largest absolute Gasteiger partial charge is 0.493 e. The second kappa shape index (κ2) is 8.06. The van der Waals surface area contributed by atoms with Gasteiger partial charge in [0.25, 0.3) is 5.91 Å². The fourth-order valence-electron chi connectivity index (χ4n) is 2.31. The van der Waals surface area contributed by atoms with Crippen molar-refractivity contribution in [3.05, 3.63) is 40.7 Å². The normalized spacial score (nSPS) is 10.5. The van der Waals surface area contributed by atoms with Gasteiger partial charge in [-0.1, -0.05) is 18.5 Å². The summed E-state index contributed by atoms with van der Waals surface area (Å²) in [4.78, 5) is 14.3. The molecule has 2 rings (SSSR count). The standard InChI is InChI=1S/C17H22ClN3O3/c1-5-6-24-16-14(18)7-13(8-15(16)23-4)17(22)20(2)10-12-9-19-21(3)11-12/h7-9,11H,5-6,10H2,1-4H3. The molecule has 0 radical (unpaired) electrons. The molecule has 0 saturated heterocycles. The van der Waals surface area contributed by atoms with Crippen LogP contribution in [0, 0.1) is 0 Å². The molecule has 0 N–H and O–H groups in total. The van der Waals surface area contributed by atoms with E-state index in [4.69, 9.17) is 21.1 Å². The Balaban J connectivity index is 2.20. The van der Waals surface area contributed by atoms with Crippen LogP contribution in [-0.2, 0) is 13.6 Å². The van der Waals surface area contributed by atoms with Crippen LogP contribution in [0.4, 0.5) is 0 Å². The van der Waals surface area contributed by atoms with Gasteiger partial charge in [0.2, 0.25) is 0 Å². The van der Waals surface area contributed by atoms with Gasteiger partial charge < -0.3 is 14.4 Å². The fraction of sp³-hybridized carbons (Fsp3) is 0.412. The number of nitrogens with zero attached hydrogens (tertiary/aromatic N) is 3. The summed E-state index contributed by atoms with van der Waals surface area (Å²) in [6, 6.07) is 3.26. The summed E-state index contributed by atoms with van der Waals surface area (Å²) in [6.45, 7) is 3.00. The van der Waals surface area contributed by atoms with Crippen molar-refractivity contribution in [2.24, 2.45) is 7.05 Å². The highest BCUT2D eigenvalue weighted by Gasteiger charge is 2.19. The summed E-state index contributed by atoms with van der Waals surface area (Å²) in [6.07, 6.45) is 4.46. The molecule has 0 aliphatic carbocycles. The zero-order valence-corrected chi connectivity index (χ0v) is 15.1. The topological polar surface area (TPSA) is 56.6 Å². The Labute approximate surface area is 146 Å². The third-order valence-electron chi connectivity index (χ3n) is 3.45. The lowest BCUT2D eigenvalue weighted by atomic mass is 10.1. The van der Waals surface area contributed by atoms with Crippen molar-refractivity contribution >= 4 is 17.5 Å². The Kier molecular flexibility index (Phi) is 6.09. The van der Waals surface area contributed by atoms with Crippen molar-refractivity contribution in [3.63, 3.8) is 0 Å². The van der Waals surface area contributed by atoms with Gasteiger partial charge in [0.15, 0.2) is 11.5 Å². The van der Waals surface area contributed by atoms with Crippen LogP contribution in [0.2, 0.25) is 5.02 Å². The minimum atomic E-state index is -0.152. The highest BCUT2D eigenvalue weighted by Crippen LogP contribution is 2.36. The van der Waals surface area contributed by atoms with Crippen LogP contribution in [0.5, 0.6) is 11.5 Å². The number of rotatable bonds is 7. The smallest absolute Gasteiger partial charge is 0.254 e. The van der Waals surface area contributed by atoms with E-state index >= 15 is 0 Å². The molecule has 0 saturated carbocycles. The molecule has 1 amide bonds. The van der Waals surface area contributed by atoms with Crippen LogP contribution in [0.3, 0.4) is 0 Å². The van der Waals surface area contributed by atoms with Gasteiger partial charge in [0.05, 0.1) is 24.9 Å². The molecule has 0 spiro atoms. The van der Waals surface area contributed by atoms with Crippen molar-refractivity contribution < 1.29 is 14.3 Å². The summed E-state index contributed by atoms with van der Waals surface area (Å²) in [5.41, 5.74) is 1.40. The minimum absolute atomic E-state index is 0.152. The number of methoxy groups -OCH3 is 1. The first-order chi connectivity index (χ1) is 11.5. The lowest BCUT2D eigenvalue weighted by Crippen LogP contribution is -2.26. The summed E-state index contributed by atoms with van der Waals surface area (Å²) in [5, 5.41) is 4.47. The van der Waals surface area contributed by atoms with Gasteiger partial charge in [-0.25, -0.2) is 0 Å². The molecule has 7 heteroatoms. The van der Waals surface area contributed by atoms with Gasteiger partial charge in [-0.15, -0.1) is 0 Å². The van der Waals surface area contributed by atoms with Gasteiger partial charge in [0, 0.05) is 38.0 Å². The zero-order valence-electron chi connectivity index (χ0n) is 14.4. The number of ether oxygens (including phenoxy) is 2. The second-order valence-corrected chi connectivity index (χ2v) is 5.93. The Hall–Kier alpha value is -2.21. The predicted molar refractivity (Wildman–Crippen MR) is 92.8 cm³/mol. The molecule has 0 fully saturated rings. The third kappa shape index (κ3) is 4.20. The third-order valence-corrected chi connectivity index (χ3v) is 3.73. The molecule has 24 heavy (non-hydrogen) atoms. The SMILES string of the molecule is CCCOc1c(Cl)cc(C(=O)N(C)Cc2cnn(C)c2)cc1OC. The van der Waals surface area contributed by atoms with Gasteiger partial charge in [0.1, 0.15) is 0 Å². The summed E-state index contributed by atoms with van der Waals surface area (Å²) >= 11 is 6.27. The average Bonchev–Trinajstić information content (AvgIpc) is 2.97. The number of hydrogen-bond acceptors (Lipinski definition) is 4. The number of halogens is 1. The molecule has 0 aliphatic heterocycles. The van der Waals surface area contributed by atoms with Gasteiger partial charge in [-0.3, -0.25) is 9.48 Å². The van der Waals surface area contributed by atoms with Crippen molar-refractivity contribution in [1.82, 2.24) is 14.7 Å². The van der Waals surface area contributed by atoms with Crippen LogP contribution in [0.15, 0.2) is 24.5 Å². The maximum Gasteiger partial charge on any atom is 0.254 e. The van der Waals surface area contributed by atoms with Crippen LogP contribution >= 0.6 is 11.6 Å². The Morgan fingerprint density at radius 2 is 2.17 bits per heavy atom. The molecule has 1 aromatic heterocycles. The lowest BCUT2D eigenvalue weighted by Gasteiger charge is -2.18. The fourth-order valence-corrected chi connectivity index (χ4v) is 2.57. The number of benzene rings is 1. The second-order valence-electron chi connectivity index (χ2n) is 5.52. The molecule has 0 aliphatic rings. The highest BCUT2D eigenvalue weighted by atomic mass is 35.5. The quantitative estimate of drug-likeness (QED) is 0.769. The highest BCUT2D eigenvalue weighted by molar-refractivity contribution is 6.32. The number of aromatic nitrogens is 2. The molecular formula is C17H22ClN3O3. The number of amides is 1. The number of hydrogen-bond donors (Lipinski definition) is 0. The van der Waals surface area contributed by atoms with E-state index in [-0.39, 0.29) is 5.91 Å². The molecule has 0 unspecified atom stereocenters. The van der Waals surface area contributed by atoms with Crippen molar-refractivity contribution in [2.45, 2.75) is 19.9 Å². The van der Waals surface area contributed by atoms with E-state index in [1.165, 1.54) is 7.11 Å². The Bertz CT molecular complexity index is 715. The summed E-state index contributed by atoms with van der Waals surface area (Å²) in [5.74, 6) is 0.766. The molecule has 1 aromatic carbocycles. The maximum absolute atomic E-state index is 12.6. The summed E-state index contributed by atoms with van der Waals surface area (Å²) < 4.78 is 12.6. The first kappa shape index (κ1) is 18.1. The van der Waals surface area contributed by atoms with E-state index < -0.39 is 0 Å². The predicted octanol–water partition coefficient (Wildman–Crippen LogP) is 3.14. The minimum Gasteiger partial charge on any atom is -0.493 e. The maximum atomic E-state index is 12.6. The van der Waals surface area contributed by atoms with E-state index in [1.807, 2.05) is 20.2 Å². The molecule has 0 bridgehead atoms. The molecule has 1 heterocycles. The van der Waals surface area contributed by atoms with Crippen molar-refractivity contribution in [3.8, 4) is 11.5 Å². The van der Waals surface area contributed by atoms with E-state index in [0.717, 1.165) is 12.0 Å². The van der Waals surface area contributed by atoms with Crippen LogP contribution in [0.1, 0.15) is 29.3 Å². The van der Waals surface area contributed by atoms with Gasteiger partial charge in [-0.2, -0.15) is 5.10 Å². The number of carbonyl (C=O) groups excluding carboxylic acids is 1. The van der Waals surface area contributed by atoms with E-state index in [9.17, 15) is 4.79 Å². The number of carbonyl (C=O) groups is 1. The molecule has 130 valence electrons. The molecule has 0 atom stereocenters. The van der Waals surface area contributed by atoms with E-state index in [2.05, 4.69) is 5.10 Å². The van der Waals surface area contributed by atoms with Gasteiger partial charge >= 0.3 is 0 Å². The molecule has 6 nitrogen and oxygen atoms in total. The first-order valence-corrected chi connectivity index (χ1v) is 8.07.